The molecule has 0 aliphatic carbocycles. The summed E-state index contributed by atoms with van der Waals surface area (Å²) < 4.78 is 5.79. The Balaban J connectivity index is 1.69. The van der Waals surface area contributed by atoms with Crippen molar-refractivity contribution in [2.24, 2.45) is 0 Å². The van der Waals surface area contributed by atoms with Crippen LogP contribution in [0.15, 0.2) is 24.3 Å². The molecule has 3 rings (SSSR count). The smallest absolute Gasteiger partial charge is 0.122 e. The highest BCUT2D eigenvalue weighted by Gasteiger charge is 2.29. The van der Waals surface area contributed by atoms with Crippen molar-refractivity contribution in [3.63, 3.8) is 0 Å². The van der Waals surface area contributed by atoms with Crippen LogP contribution >= 0.6 is 0 Å². The van der Waals surface area contributed by atoms with E-state index in [1.165, 1.54) is 18.5 Å². The molecule has 3 nitrogen and oxygen atoms in total. The average molecular weight is 260 g/mol. The normalized spacial score (nSPS) is 26.5. The van der Waals surface area contributed by atoms with E-state index in [9.17, 15) is 0 Å². The third kappa shape index (κ3) is 2.93. The molecule has 1 N–H and O–H groups in total. The molecule has 2 aliphatic rings. The topological polar surface area (TPSA) is 24.5 Å². The molecule has 0 saturated carbocycles. The molecule has 1 atom stereocenters. The summed E-state index contributed by atoms with van der Waals surface area (Å²) in [4.78, 5) is 2.59. The molecule has 0 bridgehead atoms. The van der Waals surface area contributed by atoms with Crippen LogP contribution in [-0.4, -0.2) is 43.2 Å². The zero-order chi connectivity index (χ0) is 13.3. The molecule has 1 fully saturated rings. The van der Waals surface area contributed by atoms with E-state index in [1.54, 1.807) is 0 Å². The minimum atomic E-state index is 0.218. The van der Waals surface area contributed by atoms with Crippen molar-refractivity contribution in [1.82, 2.24) is 10.2 Å². The van der Waals surface area contributed by atoms with Gasteiger partial charge in [0, 0.05) is 30.1 Å². The van der Waals surface area contributed by atoms with Crippen LogP contribution in [0.5, 0.6) is 5.75 Å². The Hall–Kier alpha value is -1.06. The van der Waals surface area contributed by atoms with Crippen molar-refractivity contribution in [2.45, 2.75) is 31.7 Å². The van der Waals surface area contributed by atoms with E-state index in [0.717, 1.165) is 32.0 Å². The summed E-state index contributed by atoms with van der Waals surface area (Å²) in [7, 11) is 0. The van der Waals surface area contributed by atoms with Crippen LogP contribution in [0.2, 0.25) is 0 Å². The van der Waals surface area contributed by atoms with E-state index in [-0.39, 0.29) is 5.54 Å². The Morgan fingerprint density at radius 1 is 1.37 bits per heavy atom. The van der Waals surface area contributed by atoms with E-state index in [2.05, 4.69) is 48.3 Å². The van der Waals surface area contributed by atoms with E-state index >= 15 is 0 Å². The second kappa shape index (κ2) is 5.14. The van der Waals surface area contributed by atoms with E-state index in [4.69, 9.17) is 4.74 Å². The minimum Gasteiger partial charge on any atom is -0.493 e. The zero-order valence-electron chi connectivity index (χ0n) is 12.0. The number of para-hydroxylation sites is 1. The number of rotatable bonds is 2. The van der Waals surface area contributed by atoms with Gasteiger partial charge < -0.3 is 15.0 Å². The van der Waals surface area contributed by atoms with Gasteiger partial charge in [0.15, 0.2) is 0 Å². The molecule has 0 amide bonds. The van der Waals surface area contributed by atoms with Gasteiger partial charge in [0.2, 0.25) is 0 Å². The number of hydrogen-bond acceptors (Lipinski definition) is 3. The van der Waals surface area contributed by atoms with E-state index < -0.39 is 0 Å². The molecule has 3 heteroatoms. The average Bonchev–Trinajstić information content (AvgIpc) is 2.69. The van der Waals surface area contributed by atoms with Gasteiger partial charge in [-0.2, -0.15) is 0 Å². The van der Waals surface area contributed by atoms with Gasteiger partial charge in [-0.15, -0.1) is 0 Å². The largest absolute Gasteiger partial charge is 0.493 e. The molecule has 0 spiro atoms. The monoisotopic (exact) mass is 260 g/mol. The lowest BCUT2D eigenvalue weighted by Gasteiger charge is -2.31. The highest BCUT2D eigenvalue weighted by molar-refractivity contribution is 5.39. The molecule has 2 aliphatic heterocycles. The lowest BCUT2D eigenvalue weighted by Crippen LogP contribution is -2.47. The lowest BCUT2D eigenvalue weighted by atomic mass is 9.99. The van der Waals surface area contributed by atoms with Crippen LogP contribution in [-0.2, 0) is 0 Å². The number of hydrogen-bond donors (Lipinski definition) is 1. The van der Waals surface area contributed by atoms with Crippen LogP contribution in [0.1, 0.15) is 31.7 Å². The summed E-state index contributed by atoms with van der Waals surface area (Å²) in [5.41, 5.74) is 1.60. The first-order chi connectivity index (χ1) is 9.14. The molecule has 2 heterocycles. The Labute approximate surface area is 115 Å². The summed E-state index contributed by atoms with van der Waals surface area (Å²) in [6.07, 6.45) is 1.23. The number of nitrogens with zero attached hydrogens (tertiary/aromatic N) is 1. The van der Waals surface area contributed by atoms with Crippen molar-refractivity contribution in [3.05, 3.63) is 29.8 Å². The van der Waals surface area contributed by atoms with E-state index in [0.29, 0.717) is 5.92 Å². The molecule has 19 heavy (non-hydrogen) atoms. The van der Waals surface area contributed by atoms with Crippen molar-refractivity contribution in [3.8, 4) is 5.75 Å². The maximum Gasteiger partial charge on any atom is 0.122 e. The predicted molar refractivity (Wildman–Crippen MR) is 77.8 cm³/mol. The first kappa shape index (κ1) is 12.9. The first-order valence-corrected chi connectivity index (χ1v) is 7.33. The van der Waals surface area contributed by atoms with Crippen LogP contribution in [0.4, 0.5) is 0 Å². The second-order valence-corrected chi connectivity index (χ2v) is 6.45. The third-order valence-electron chi connectivity index (χ3n) is 4.15. The number of nitrogens with one attached hydrogen (secondary N) is 1. The van der Waals surface area contributed by atoms with Crippen molar-refractivity contribution < 1.29 is 4.74 Å². The van der Waals surface area contributed by atoms with E-state index in [1.807, 2.05) is 0 Å². The zero-order valence-corrected chi connectivity index (χ0v) is 12.0. The predicted octanol–water partition coefficient (Wildman–Crippen LogP) is 2.24. The highest BCUT2D eigenvalue weighted by atomic mass is 16.5. The highest BCUT2D eigenvalue weighted by Crippen LogP contribution is 2.34. The Bertz CT molecular complexity index is 444. The van der Waals surface area contributed by atoms with Gasteiger partial charge in [-0.1, -0.05) is 18.2 Å². The van der Waals surface area contributed by atoms with Crippen molar-refractivity contribution in [1.29, 1.82) is 0 Å². The first-order valence-electron chi connectivity index (χ1n) is 7.33. The SMILES string of the molecule is CC1(C)CN(CC2COc3ccccc32)CCCN1. The number of benzene rings is 1. The van der Waals surface area contributed by atoms with Crippen LogP contribution < -0.4 is 10.1 Å². The molecule has 1 aromatic carbocycles. The number of fused-ring (bicyclic) bond motifs is 1. The van der Waals surface area contributed by atoms with Gasteiger partial charge in [0.25, 0.3) is 0 Å². The second-order valence-electron chi connectivity index (χ2n) is 6.45. The fraction of sp³-hybridized carbons (Fsp3) is 0.625. The van der Waals surface area contributed by atoms with Gasteiger partial charge in [-0.05, 0) is 39.4 Å². The van der Waals surface area contributed by atoms with Crippen molar-refractivity contribution >= 4 is 0 Å². The fourth-order valence-electron chi connectivity index (χ4n) is 3.27. The van der Waals surface area contributed by atoms with Gasteiger partial charge >= 0.3 is 0 Å². The molecule has 1 unspecified atom stereocenters. The number of ether oxygens (including phenoxy) is 1. The van der Waals surface area contributed by atoms with Gasteiger partial charge in [0.05, 0.1) is 6.61 Å². The maximum absolute atomic E-state index is 5.79. The molecule has 1 saturated heterocycles. The lowest BCUT2D eigenvalue weighted by molar-refractivity contribution is 0.205. The molecular formula is C16H24N2O. The summed E-state index contributed by atoms with van der Waals surface area (Å²) in [5, 5.41) is 3.62. The Kier molecular flexibility index (Phi) is 3.50. The van der Waals surface area contributed by atoms with Gasteiger partial charge in [0.1, 0.15) is 5.75 Å². The van der Waals surface area contributed by atoms with Crippen LogP contribution in [0.3, 0.4) is 0 Å². The molecule has 0 aromatic heterocycles. The Morgan fingerprint density at radius 2 is 2.21 bits per heavy atom. The summed E-state index contributed by atoms with van der Waals surface area (Å²) in [5.74, 6) is 1.62. The van der Waals surface area contributed by atoms with Crippen LogP contribution in [0, 0.1) is 0 Å². The summed E-state index contributed by atoms with van der Waals surface area (Å²) in [6, 6.07) is 8.48. The molecule has 1 aromatic rings. The minimum absolute atomic E-state index is 0.218. The van der Waals surface area contributed by atoms with Gasteiger partial charge in [-0.25, -0.2) is 0 Å². The maximum atomic E-state index is 5.79. The summed E-state index contributed by atoms with van der Waals surface area (Å²) >= 11 is 0. The third-order valence-corrected chi connectivity index (χ3v) is 4.15. The molecule has 0 radical (unpaired) electrons. The Morgan fingerprint density at radius 3 is 3.11 bits per heavy atom. The van der Waals surface area contributed by atoms with Gasteiger partial charge in [-0.3, -0.25) is 0 Å². The molecular weight excluding hydrogens is 236 g/mol. The van der Waals surface area contributed by atoms with Crippen LogP contribution in [0.25, 0.3) is 0 Å². The van der Waals surface area contributed by atoms with Crippen molar-refractivity contribution in [2.75, 3.05) is 32.8 Å². The quantitative estimate of drug-likeness (QED) is 0.882. The fourth-order valence-corrected chi connectivity index (χ4v) is 3.27. The standard InChI is InChI=1S/C16H24N2O/c1-16(2)12-18(9-5-8-17-16)10-13-11-19-15-7-4-3-6-14(13)15/h3-4,6-7,13,17H,5,8-12H2,1-2H3. The molecule has 104 valence electrons. The summed E-state index contributed by atoms with van der Waals surface area (Å²) in [6.45, 7) is 9.97.